The Hall–Kier alpha value is -0.860. The van der Waals surface area contributed by atoms with Gasteiger partial charge in [0.05, 0.1) is 0 Å². The second kappa shape index (κ2) is 7.55. The van der Waals surface area contributed by atoms with Gasteiger partial charge in [-0.05, 0) is 63.7 Å². The first-order valence-corrected chi connectivity index (χ1v) is 7.38. The SMILES string of the molecule is NCCCC1CCCN1CCCc1ccccc1. The fraction of sp³-hybridized carbons (Fsp3) is 0.625. The van der Waals surface area contributed by atoms with Crippen molar-refractivity contribution in [1.82, 2.24) is 4.90 Å². The molecular formula is C16H26N2. The molecule has 0 aliphatic carbocycles. The molecule has 1 aliphatic heterocycles. The number of nitrogens with zero attached hydrogens (tertiary/aromatic N) is 1. The van der Waals surface area contributed by atoms with E-state index in [4.69, 9.17) is 5.73 Å². The predicted molar refractivity (Wildman–Crippen MR) is 77.6 cm³/mol. The summed E-state index contributed by atoms with van der Waals surface area (Å²) in [5.41, 5.74) is 7.08. The molecule has 2 N–H and O–H groups in total. The van der Waals surface area contributed by atoms with Crippen LogP contribution in [0, 0.1) is 0 Å². The summed E-state index contributed by atoms with van der Waals surface area (Å²) in [6.45, 7) is 3.39. The smallest absolute Gasteiger partial charge is 0.00962 e. The summed E-state index contributed by atoms with van der Waals surface area (Å²) in [6.07, 6.45) is 7.72. The zero-order valence-corrected chi connectivity index (χ0v) is 11.4. The number of nitrogens with two attached hydrogens (primary N) is 1. The van der Waals surface area contributed by atoms with Gasteiger partial charge in [0.1, 0.15) is 0 Å². The van der Waals surface area contributed by atoms with Crippen LogP contribution in [0.2, 0.25) is 0 Å². The van der Waals surface area contributed by atoms with Gasteiger partial charge in [-0.3, -0.25) is 0 Å². The van der Waals surface area contributed by atoms with Crippen LogP contribution in [0.15, 0.2) is 30.3 Å². The third-order valence-electron chi connectivity index (χ3n) is 3.99. The first kappa shape index (κ1) is 13.6. The molecule has 1 unspecified atom stereocenters. The molecule has 1 saturated heterocycles. The molecule has 0 bridgehead atoms. The molecule has 1 atom stereocenters. The average Bonchev–Trinajstić information content (AvgIpc) is 2.85. The second-order valence-electron chi connectivity index (χ2n) is 5.35. The lowest BCUT2D eigenvalue weighted by Crippen LogP contribution is -2.31. The molecule has 1 heterocycles. The van der Waals surface area contributed by atoms with Crippen LogP contribution < -0.4 is 5.73 Å². The van der Waals surface area contributed by atoms with Crippen LogP contribution in [0.25, 0.3) is 0 Å². The summed E-state index contributed by atoms with van der Waals surface area (Å²) in [6, 6.07) is 11.6. The number of benzene rings is 1. The van der Waals surface area contributed by atoms with Crippen molar-refractivity contribution in [2.45, 2.75) is 44.6 Å². The van der Waals surface area contributed by atoms with Gasteiger partial charge in [0.2, 0.25) is 0 Å². The Morgan fingerprint density at radius 3 is 2.78 bits per heavy atom. The summed E-state index contributed by atoms with van der Waals surface area (Å²) in [5, 5.41) is 0. The maximum Gasteiger partial charge on any atom is 0.00962 e. The van der Waals surface area contributed by atoms with Gasteiger partial charge in [-0.25, -0.2) is 0 Å². The molecule has 0 saturated carbocycles. The topological polar surface area (TPSA) is 29.3 Å². The van der Waals surface area contributed by atoms with Crippen molar-refractivity contribution in [3.05, 3.63) is 35.9 Å². The van der Waals surface area contributed by atoms with Crippen LogP contribution in [-0.4, -0.2) is 30.6 Å². The Bertz CT molecular complexity index is 323. The molecule has 18 heavy (non-hydrogen) atoms. The van der Waals surface area contributed by atoms with Gasteiger partial charge < -0.3 is 10.6 Å². The normalized spacial score (nSPS) is 20.4. The van der Waals surface area contributed by atoms with Crippen molar-refractivity contribution >= 4 is 0 Å². The van der Waals surface area contributed by atoms with Gasteiger partial charge in [-0.15, -0.1) is 0 Å². The van der Waals surface area contributed by atoms with Crippen LogP contribution in [0.4, 0.5) is 0 Å². The largest absolute Gasteiger partial charge is 0.330 e. The Morgan fingerprint density at radius 1 is 1.17 bits per heavy atom. The molecule has 0 amide bonds. The second-order valence-corrected chi connectivity index (χ2v) is 5.35. The Morgan fingerprint density at radius 2 is 2.00 bits per heavy atom. The van der Waals surface area contributed by atoms with E-state index in [2.05, 4.69) is 35.2 Å². The quantitative estimate of drug-likeness (QED) is 0.801. The van der Waals surface area contributed by atoms with Crippen molar-refractivity contribution in [1.29, 1.82) is 0 Å². The van der Waals surface area contributed by atoms with E-state index in [1.54, 1.807) is 0 Å². The molecule has 1 fully saturated rings. The van der Waals surface area contributed by atoms with Crippen LogP contribution in [-0.2, 0) is 6.42 Å². The fourth-order valence-corrected chi connectivity index (χ4v) is 3.00. The van der Waals surface area contributed by atoms with Crippen molar-refractivity contribution in [3.63, 3.8) is 0 Å². The molecule has 1 aromatic carbocycles. The number of likely N-dealkylation sites (tertiary alicyclic amines) is 1. The summed E-state index contributed by atoms with van der Waals surface area (Å²) in [5.74, 6) is 0. The van der Waals surface area contributed by atoms with Gasteiger partial charge in [-0.2, -0.15) is 0 Å². The highest BCUT2D eigenvalue weighted by Crippen LogP contribution is 2.21. The molecule has 0 spiro atoms. The van der Waals surface area contributed by atoms with Crippen LogP contribution in [0.1, 0.15) is 37.7 Å². The maximum absolute atomic E-state index is 5.61. The number of rotatable bonds is 7. The first-order valence-electron chi connectivity index (χ1n) is 7.38. The molecule has 0 radical (unpaired) electrons. The highest BCUT2D eigenvalue weighted by molar-refractivity contribution is 5.14. The predicted octanol–water partition coefficient (Wildman–Crippen LogP) is 2.82. The average molecular weight is 246 g/mol. The lowest BCUT2D eigenvalue weighted by molar-refractivity contribution is 0.238. The zero-order valence-electron chi connectivity index (χ0n) is 11.4. The van der Waals surface area contributed by atoms with E-state index in [9.17, 15) is 0 Å². The van der Waals surface area contributed by atoms with Gasteiger partial charge in [0.15, 0.2) is 0 Å². The molecule has 2 heteroatoms. The maximum atomic E-state index is 5.61. The minimum Gasteiger partial charge on any atom is -0.330 e. The van der Waals surface area contributed by atoms with Gasteiger partial charge in [0, 0.05) is 6.04 Å². The Labute approximate surface area is 111 Å². The van der Waals surface area contributed by atoms with Crippen LogP contribution >= 0.6 is 0 Å². The molecule has 2 nitrogen and oxygen atoms in total. The molecular weight excluding hydrogens is 220 g/mol. The lowest BCUT2D eigenvalue weighted by atomic mass is 10.1. The van der Waals surface area contributed by atoms with Crippen LogP contribution in [0.3, 0.4) is 0 Å². The minimum absolute atomic E-state index is 0.810. The van der Waals surface area contributed by atoms with Gasteiger partial charge in [0.25, 0.3) is 0 Å². The van der Waals surface area contributed by atoms with Gasteiger partial charge >= 0.3 is 0 Å². The highest BCUT2D eigenvalue weighted by atomic mass is 15.2. The number of hydrogen-bond donors (Lipinski definition) is 1. The molecule has 1 aromatic rings. The Balaban J connectivity index is 1.69. The number of hydrogen-bond acceptors (Lipinski definition) is 2. The van der Waals surface area contributed by atoms with Crippen molar-refractivity contribution in [2.75, 3.05) is 19.6 Å². The summed E-state index contributed by atoms with van der Waals surface area (Å²) in [4.78, 5) is 2.68. The highest BCUT2D eigenvalue weighted by Gasteiger charge is 2.22. The van der Waals surface area contributed by atoms with E-state index in [1.165, 1.54) is 57.2 Å². The lowest BCUT2D eigenvalue weighted by Gasteiger charge is -2.24. The summed E-state index contributed by atoms with van der Waals surface area (Å²) >= 11 is 0. The van der Waals surface area contributed by atoms with E-state index in [-0.39, 0.29) is 0 Å². The molecule has 1 aliphatic rings. The third-order valence-corrected chi connectivity index (χ3v) is 3.99. The van der Waals surface area contributed by atoms with E-state index >= 15 is 0 Å². The van der Waals surface area contributed by atoms with E-state index < -0.39 is 0 Å². The van der Waals surface area contributed by atoms with E-state index in [1.807, 2.05) is 0 Å². The summed E-state index contributed by atoms with van der Waals surface area (Å²) < 4.78 is 0. The molecule has 100 valence electrons. The molecule has 0 aromatic heterocycles. The fourth-order valence-electron chi connectivity index (χ4n) is 3.00. The van der Waals surface area contributed by atoms with Crippen LogP contribution in [0.5, 0.6) is 0 Å². The van der Waals surface area contributed by atoms with Gasteiger partial charge in [-0.1, -0.05) is 30.3 Å². The van der Waals surface area contributed by atoms with E-state index in [0.717, 1.165) is 12.6 Å². The zero-order chi connectivity index (χ0) is 12.6. The first-order chi connectivity index (χ1) is 8.90. The van der Waals surface area contributed by atoms with Crippen molar-refractivity contribution < 1.29 is 0 Å². The van der Waals surface area contributed by atoms with E-state index in [0.29, 0.717) is 0 Å². The summed E-state index contributed by atoms with van der Waals surface area (Å²) in [7, 11) is 0. The van der Waals surface area contributed by atoms with Crippen molar-refractivity contribution in [3.8, 4) is 0 Å². The Kier molecular flexibility index (Phi) is 5.69. The minimum atomic E-state index is 0.810. The number of aryl methyl sites for hydroxylation is 1. The molecule has 2 rings (SSSR count). The van der Waals surface area contributed by atoms with Crippen molar-refractivity contribution in [2.24, 2.45) is 5.73 Å². The standard InChI is InChI=1S/C16H26N2/c17-12-4-10-16-11-6-14-18(16)13-5-9-15-7-2-1-3-8-15/h1-3,7-8,16H,4-6,9-14,17H2. The monoisotopic (exact) mass is 246 g/mol. The third kappa shape index (κ3) is 4.11.